The van der Waals surface area contributed by atoms with Gasteiger partial charge in [0.05, 0.1) is 0 Å². The van der Waals surface area contributed by atoms with Gasteiger partial charge in [0.2, 0.25) is 0 Å². The fourth-order valence-electron chi connectivity index (χ4n) is 4.14. The first-order valence-electron chi connectivity index (χ1n) is 13.0. The van der Waals surface area contributed by atoms with E-state index in [-0.39, 0.29) is 0 Å². The molecule has 3 aromatic heterocycles. The Labute approximate surface area is 283 Å². The first kappa shape index (κ1) is 40.4. The first-order valence-corrected chi connectivity index (χ1v) is 13.0. The lowest BCUT2D eigenvalue weighted by Crippen LogP contribution is -2.17. The smallest absolute Gasteiger partial charge is 0.223 e. The predicted molar refractivity (Wildman–Crippen MR) is 134 cm³/mol. The van der Waals surface area contributed by atoms with Crippen LogP contribution in [0.25, 0.3) is 16.7 Å². The molecule has 3 aromatic rings. The van der Waals surface area contributed by atoms with Gasteiger partial charge in [0.1, 0.15) is 69.1 Å². The molecule has 0 spiro atoms. The number of aromatic nitrogens is 6. The van der Waals surface area contributed by atoms with Crippen LogP contribution in [0.4, 0.5) is 79.0 Å². The van der Waals surface area contributed by atoms with E-state index in [9.17, 15) is 94.8 Å². The van der Waals surface area contributed by atoms with Crippen molar-refractivity contribution >= 4 is 16.7 Å². The van der Waals surface area contributed by atoms with Crippen LogP contribution in [0.5, 0.6) is 0 Å². The van der Waals surface area contributed by atoms with Crippen molar-refractivity contribution in [2.24, 2.45) is 0 Å². The van der Waals surface area contributed by atoms with E-state index in [1.54, 1.807) is 0 Å². The summed E-state index contributed by atoms with van der Waals surface area (Å²) in [6, 6.07) is 0.741. The quantitative estimate of drug-likeness (QED) is 0.188. The van der Waals surface area contributed by atoms with E-state index >= 15 is 0 Å². The molecule has 0 saturated heterocycles. The standard InChI is InChI=1S/C27H3F18N9/c28-22(29,30)10-1-11(23(31,32)33)50-19(49-10)7(4-46)16-17(8(5-47)20-51-12(24(34,35)36)2-13(52-20)25(37,38)39)18(16)9(6-48)21-53-14(26(40,41)42)3-15(54-21)27(43,44)45/h1-3H. The van der Waals surface area contributed by atoms with Crippen LogP contribution in [-0.2, 0) is 37.1 Å². The molecular weight excluding hydrogens is 792 g/mol. The average molecular weight is 795 g/mol. The number of hydrogen-bond donors (Lipinski definition) is 0. The molecule has 9 nitrogen and oxygen atoms in total. The zero-order chi connectivity index (χ0) is 41.1. The number of rotatable bonds is 3. The lowest BCUT2D eigenvalue weighted by atomic mass is 10.1. The second kappa shape index (κ2) is 13.0. The fraction of sp³-hybridized carbons (Fsp3) is 0.222. The predicted octanol–water partition coefficient (Wildman–Crippen LogP) is 8.41. The molecule has 1 saturated carbocycles. The maximum Gasteiger partial charge on any atom is 0.433 e. The molecule has 1 fully saturated rings. The van der Waals surface area contributed by atoms with Crippen molar-refractivity contribution in [1.82, 2.24) is 29.9 Å². The average Bonchev–Trinajstić information content (AvgIpc) is 3.72. The summed E-state index contributed by atoms with van der Waals surface area (Å²) in [5.74, 6) is -5.80. The summed E-state index contributed by atoms with van der Waals surface area (Å²) in [6.45, 7) is 0. The first-order chi connectivity index (χ1) is 24.4. The van der Waals surface area contributed by atoms with Gasteiger partial charge in [-0.25, -0.2) is 29.9 Å². The van der Waals surface area contributed by atoms with Crippen molar-refractivity contribution in [1.29, 1.82) is 15.8 Å². The van der Waals surface area contributed by atoms with Gasteiger partial charge in [0, 0.05) is 16.7 Å². The molecule has 27 heteroatoms. The molecule has 54 heavy (non-hydrogen) atoms. The molecule has 1 aliphatic carbocycles. The van der Waals surface area contributed by atoms with Crippen molar-refractivity contribution in [2.75, 3.05) is 0 Å². The number of alkyl halides is 18. The molecule has 0 radical (unpaired) electrons. The van der Waals surface area contributed by atoms with E-state index in [1.165, 1.54) is 0 Å². The summed E-state index contributed by atoms with van der Waals surface area (Å²) in [5.41, 5.74) is -24.2. The van der Waals surface area contributed by atoms with Crippen LogP contribution in [0.3, 0.4) is 0 Å². The Bertz CT molecular complexity index is 1920. The topological polar surface area (TPSA) is 149 Å². The molecular formula is C27H3F18N9. The Balaban J connectivity index is 2.30. The van der Waals surface area contributed by atoms with Gasteiger partial charge in [-0.05, 0) is 18.2 Å². The van der Waals surface area contributed by atoms with Gasteiger partial charge in [-0.15, -0.1) is 0 Å². The van der Waals surface area contributed by atoms with Crippen molar-refractivity contribution in [3.63, 3.8) is 0 Å². The molecule has 0 bridgehead atoms. The normalized spacial score (nSPS) is 13.9. The Morgan fingerprint density at radius 1 is 0.333 bits per heavy atom. The molecule has 0 amide bonds. The van der Waals surface area contributed by atoms with E-state index < -0.39 is 140 Å². The van der Waals surface area contributed by atoms with Gasteiger partial charge in [-0.3, -0.25) is 0 Å². The van der Waals surface area contributed by atoms with Crippen molar-refractivity contribution in [3.8, 4) is 18.2 Å². The molecule has 0 aliphatic heterocycles. The zero-order valence-electron chi connectivity index (χ0n) is 24.6. The molecule has 0 atom stereocenters. The zero-order valence-corrected chi connectivity index (χ0v) is 24.6. The summed E-state index contributed by atoms with van der Waals surface area (Å²) in [6.07, 6.45) is -34.7. The molecule has 1 aliphatic rings. The molecule has 282 valence electrons. The van der Waals surface area contributed by atoms with E-state index in [2.05, 4.69) is 29.9 Å². The Kier molecular flexibility index (Phi) is 9.70. The van der Waals surface area contributed by atoms with Crippen LogP contribution in [0, 0.1) is 34.0 Å². The third-order valence-electron chi connectivity index (χ3n) is 6.36. The minimum atomic E-state index is -5.78. The van der Waals surface area contributed by atoms with Crippen molar-refractivity contribution in [2.45, 2.75) is 37.1 Å². The van der Waals surface area contributed by atoms with Gasteiger partial charge < -0.3 is 0 Å². The SMILES string of the molecule is N#CC(=C1C(=C(C#N)c2nc(C(F)(F)F)cc(C(F)(F)F)n2)C1=C(C#N)c1nc(C(F)(F)F)cc(C(F)(F)F)n1)c1nc(C(F)(F)F)cc(C(F)(F)F)n1. The fourth-order valence-corrected chi connectivity index (χ4v) is 4.14. The second-order valence-corrected chi connectivity index (χ2v) is 9.96. The maximum atomic E-state index is 13.6. The van der Waals surface area contributed by atoms with Gasteiger partial charge >= 0.3 is 37.1 Å². The van der Waals surface area contributed by atoms with E-state index in [4.69, 9.17) is 0 Å². The lowest BCUT2D eigenvalue weighted by molar-refractivity contribution is -0.149. The van der Waals surface area contributed by atoms with Gasteiger partial charge in [0.25, 0.3) is 0 Å². The highest BCUT2D eigenvalue weighted by Gasteiger charge is 2.48. The largest absolute Gasteiger partial charge is 0.433 e. The van der Waals surface area contributed by atoms with E-state index in [1.807, 2.05) is 0 Å². The maximum absolute atomic E-state index is 13.6. The van der Waals surface area contributed by atoms with E-state index in [0.717, 1.165) is 18.2 Å². The Morgan fingerprint density at radius 2 is 0.481 bits per heavy atom. The van der Waals surface area contributed by atoms with Crippen LogP contribution in [0.15, 0.2) is 34.9 Å². The molecule has 0 N–H and O–H groups in total. The van der Waals surface area contributed by atoms with E-state index in [0.29, 0.717) is 0 Å². The molecule has 0 aromatic carbocycles. The van der Waals surface area contributed by atoms with Crippen LogP contribution >= 0.6 is 0 Å². The summed E-state index contributed by atoms with van der Waals surface area (Å²) >= 11 is 0. The summed E-state index contributed by atoms with van der Waals surface area (Å²) in [4.78, 5) is 16.4. The minimum absolute atomic E-state index is 0.685. The number of nitriles is 3. The number of hydrogen-bond acceptors (Lipinski definition) is 9. The highest BCUT2D eigenvalue weighted by atomic mass is 19.4. The number of halogens is 18. The molecule has 3 heterocycles. The van der Waals surface area contributed by atoms with Gasteiger partial charge in [-0.1, -0.05) is 0 Å². The molecule has 4 rings (SSSR count). The molecule has 0 unspecified atom stereocenters. The lowest BCUT2D eigenvalue weighted by Gasteiger charge is -2.12. The monoisotopic (exact) mass is 795 g/mol. The van der Waals surface area contributed by atoms with Gasteiger partial charge in [0.15, 0.2) is 17.5 Å². The minimum Gasteiger partial charge on any atom is -0.223 e. The highest BCUT2D eigenvalue weighted by molar-refractivity contribution is 6.10. The third kappa shape index (κ3) is 8.16. The summed E-state index contributed by atoms with van der Waals surface area (Å²) in [5, 5.41) is 29.5. The van der Waals surface area contributed by atoms with Crippen molar-refractivity contribution < 1.29 is 79.0 Å². The van der Waals surface area contributed by atoms with Crippen LogP contribution < -0.4 is 0 Å². The van der Waals surface area contributed by atoms with Crippen LogP contribution in [0.2, 0.25) is 0 Å². The van der Waals surface area contributed by atoms with Crippen molar-refractivity contribution in [3.05, 3.63) is 86.6 Å². The Hall–Kier alpha value is -6.33. The summed E-state index contributed by atoms with van der Waals surface area (Å²) < 4.78 is 244. The van der Waals surface area contributed by atoms with Gasteiger partial charge in [-0.2, -0.15) is 94.8 Å². The van der Waals surface area contributed by atoms with Crippen LogP contribution in [0.1, 0.15) is 51.6 Å². The number of nitrogens with zero attached hydrogens (tertiary/aromatic N) is 9. The summed E-state index contributed by atoms with van der Waals surface area (Å²) in [7, 11) is 0. The Morgan fingerprint density at radius 3 is 0.593 bits per heavy atom. The third-order valence-corrected chi connectivity index (χ3v) is 6.36. The van der Waals surface area contributed by atoms with Crippen LogP contribution in [-0.4, -0.2) is 29.9 Å². The highest BCUT2D eigenvalue weighted by Crippen LogP contribution is 2.55. The second-order valence-electron chi connectivity index (χ2n) is 9.96. The number of allylic oxidation sites excluding steroid dienone is 6.